The molecule has 3 N–H and O–H groups in total. The molecule has 0 fully saturated rings. The summed E-state index contributed by atoms with van der Waals surface area (Å²) in [7, 11) is 0. The molecule has 24 heavy (non-hydrogen) atoms. The zero-order valence-corrected chi connectivity index (χ0v) is 13.4. The van der Waals surface area contributed by atoms with E-state index in [9.17, 15) is 9.18 Å². The number of hydrogen-bond donors (Lipinski definition) is 2. The Kier molecular flexibility index (Phi) is 4.04. The first-order valence-corrected chi connectivity index (χ1v) is 7.43. The second-order valence-corrected chi connectivity index (χ2v) is 5.50. The summed E-state index contributed by atoms with van der Waals surface area (Å²) in [4.78, 5) is 16.4. The van der Waals surface area contributed by atoms with Crippen LogP contribution in [0.3, 0.4) is 0 Å². The van der Waals surface area contributed by atoms with Gasteiger partial charge in [0.05, 0.1) is 23.3 Å². The lowest BCUT2D eigenvalue weighted by Gasteiger charge is -2.09. The summed E-state index contributed by atoms with van der Waals surface area (Å²) in [6.45, 7) is 3.93. The second-order valence-electron chi connectivity index (χ2n) is 5.50. The molecular formula is C18H17FN4O. The van der Waals surface area contributed by atoms with Crippen LogP contribution in [0.2, 0.25) is 0 Å². The van der Waals surface area contributed by atoms with Crippen LogP contribution in [0.25, 0.3) is 5.69 Å². The predicted molar refractivity (Wildman–Crippen MR) is 91.8 cm³/mol. The molecule has 3 aromatic rings. The molecular weight excluding hydrogens is 307 g/mol. The Morgan fingerprint density at radius 3 is 2.50 bits per heavy atom. The third-order valence-electron chi connectivity index (χ3n) is 3.93. The van der Waals surface area contributed by atoms with Gasteiger partial charge in [-0.1, -0.05) is 6.07 Å². The average Bonchev–Trinajstić information content (AvgIpc) is 2.90. The Hall–Kier alpha value is -3.15. The van der Waals surface area contributed by atoms with Crippen LogP contribution in [0.4, 0.5) is 15.8 Å². The SMILES string of the molecule is Cc1ncn(-c2ccc(NC(=O)c3cccc(N)c3F)cc2)c1C. The van der Waals surface area contributed by atoms with E-state index in [1.807, 2.05) is 30.5 Å². The molecule has 6 heteroatoms. The lowest BCUT2D eigenvalue weighted by atomic mass is 10.1. The minimum atomic E-state index is -0.712. The van der Waals surface area contributed by atoms with Gasteiger partial charge < -0.3 is 15.6 Å². The van der Waals surface area contributed by atoms with Crippen molar-refractivity contribution in [1.82, 2.24) is 9.55 Å². The number of aryl methyl sites for hydroxylation is 1. The van der Waals surface area contributed by atoms with Gasteiger partial charge in [-0.15, -0.1) is 0 Å². The predicted octanol–water partition coefficient (Wildman–Crippen LogP) is 3.46. The number of hydrogen-bond acceptors (Lipinski definition) is 3. The summed E-state index contributed by atoms with van der Waals surface area (Å²) >= 11 is 0. The van der Waals surface area contributed by atoms with E-state index in [2.05, 4.69) is 10.3 Å². The highest BCUT2D eigenvalue weighted by molar-refractivity contribution is 6.05. The van der Waals surface area contributed by atoms with Crippen LogP contribution in [0.5, 0.6) is 0 Å². The quantitative estimate of drug-likeness (QED) is 0.725. The summed E-state index contributed by atoms with van der Waals surface area (Å²) < 4.78 is 15.8. The highest BCUT2D eigenvalue weighted by Gasteiger charge is 2.14. The summed E-state index contributed by atoms with van der Waals surface area (Å²) in [6, 6.07) is 11.6. The molecule has 0 atom stereocenters. The van der Waals surface area contributed by atoms with E-state index in [1.54, 1.807) is 24.5 Å². The van der Waals surface area contributed by atoms with E-state index in [0.717, 1.165) is 17.1 Å². The van der Waals surface area contributed by atoms with Gasteiger partial charge in [0.1, 0.15) is 0 Å². The summed E-state index contributed by atoms with van der Waals surface area (Å²) in [5.41, 5.74) is 8.87. The Balaban J connectivity index is 1.80. The molecule has 0 bridgehead atoms. The maximum atomic E-state index is 13.9. The number of carbonyl (C=O) groups excluding carboxylic acids is 1. The van der Waals surface area contributed by atoms with Crippen molar-refractivity contribution in [2.75, 3.05) is 11.1 Å². The average molecular weight is 324 g/mol. The van der Waals surface area contributed by atoms with Gasteiger partial charge in [0.25, 0.3) is 5.91 Å². The number of nitrogen functional groups attached to an aromatic ring is 1. The standard InChI is InChI=1S/C18H17FN4O/c1-11-12(2)23(10-21-11)14-8-6-13(7-9-14)22-18(24)15-4-3-5-16(20)17(15)19/h3-10H,20H2,1-2H3,(H,22,24). The van der Waals surface area contributed by atoms with Gasteiger partial charge in [-0.05, 0) is 50.2 Å². The first kappa shape index (κ1) is 15.7. The van der Waals surface area contributed by atoms with Gasteiger partial charge in [0.2, 0.25) is 0 Å². The highest BCUT2D eigenvalue weighted by atomic mass is 19.1. The fourth-order valence-electron chi connectivity index (χ4n) is 2.39. The first-order valence-electron chi connectivity index (χ1n) is 7.43. The van der Waals surface area contributed by atoms with E-state index in [-0.39, 0.29) is 11.3 Å². The van der Waals surface area contributed by atoms with Gasteiger partial charge >= 0.3 is 0 Å². The molecule has 0 saturated carbocycles. The number of anilines is 2. The maximum absolute atomic E-state index is 13.9. The number of imidazole rings is 1. The number of benzene rings is 2. The molecule has 1 amide bonds. The molecule has 1 heterocycles. The van der Waals surface area contributed by atoms with E-state index in [4.69, 9.17) is 5.73 Å². The lowest BCUT2D eigenvalue weighted by molar-refractivity contribution is 0.102. The molecule has 1 aromatic heterocycles. The van der Waals surface area contributed by atoms with Crippen LogP contribution in [0.15, 0.2) is 48.8 Å². The van der Waals surface area contributed by atoms with Crippen molar-refractivity contribution in [2.24, 2.45) is 0 Å². The third-order valence-corrected chi connectivity index (χ3v) is 3.93. The van der Waals surface area contributed by atoms with E-state index in [0.29, 0.717) is 5.69 Å². The van der Waals surface area contributed by atoms with Crippen molar-refractivity contribution in [2.45, 2.75) is 13.8 Å². The van der Waals surface area contributed by atoms with Gasteiger partial charge in [0, 0.05) is 17.1 Å². The zero-order valence-electron chi connectivity index (χ0n) is 13.4. The fraction of sp³-hybridized carbons (Fsp3) is 0.111. The first-order chi connectivity index (χ1) is 11.5. The van der Waals surface area contributed by atoms with Crippen molar-refractivity contribution in [1.29, 1.82) is 0 Å². The molecule has 0 aliphatic heterocycles. The maximum Gasteiger partial charge on any atom is 0.258 e. The van der Waals surface area contributed by atoms with Crippen molar-refractivity contribution >= 4 is 17.3 Å². The van der Waals surface area contributed by atoms with E-state index < -0.39 is 11.7 Å². The largest absolute Gasteiger partial charge is 0.396 e. The van der Waals surface area contributed by atoms with Gasteiger partial charge in [-0.2, -0.15) is 0 Å². The number of nitrogens with two attached hydrogens (primary N) is 1. The minimum absolute atomic E-state index is 0.0519. The fourth-order valence-corrected chi connectivity index (χ4v) is 2.39. The van der Waals surface area contributed by atoms with E-state index >= 15 is 0 Å². The smallest absolute Gasteiger partial charge is 0.258 e. The topological polar surface area (TPSA) is 72.9 Å². The van der Waals surface area contributed by atoms with Crippen molar-refractivity contribution in [3.05, 3.63) is 71.6 Å². The number of amides is 1. The number of nitrogens with zero attached hydrogens (tertiary/aromatic N) is 2. The molecule has 0 saturated heterocycles. The van der Waals surface area contributed by atoms with Crippen LogP contribution in [0.1, 0.15) is 21.7 Å². The number of nitrogens with one attached hydrogen (secondary N) is 1. The Labute approximate surface area is 138 Å². The number of carbonyl (C=O) groups is 1. The Morgan fingerprint density at radius 2 is 1.88 bits per heavy atom. The Morgan fingerprint density at radius 1 is 1.17 bits per heavy atom. The molecule has 0 aliphatic rings. The van der Waals surface area contributed by atoms with Crippen LogP contribution in [0, 0.1) is 19.7 Å². The normalized spacial score (nSPS) is 10.6. The van der Waals surface area contributed by atoms with E-state index in [1.165, 1.54) is 12.1 Å². The molecule has 0 unspecified atom stereocenters. The molecule has 2 aromatic carbocycles. The number of aromatic nitrogens is 2. The number of rotatable bonds is 3. The van der Waals surface area contributed by atoms with Crippen LogP contribution in [-0.4, -0.2) is 15.5 Å². The molecule has 5 nitrogen and oxygen atoms in total. The van der Waals surface area contributed by atoms with Gasteiger partial charge in [-0.25, -0.2) is 9.37 Å². The van der Waals surface area contributed by atoms with Gasteiger partial charge in [-0.3, -0.25) is 4.79 Å². The molecule has 0 radical (unpaired) electrons. The zero-order chi connectivity index (χ0) is 17.3. The molecule has 0 aliphatic carbocycles. The highest BCUT2D eigenvalue weighted by Crippen LogP contribution is 2.19. The summed E-state index contributed by atoms with van der Waals surface area (Å²) in [6.07, 6.45) is 1.75. The second kappa shape index (κ2) is 6.16. The molecule has 122 valence electrons. The third kappa shape index (κ3) is 2.86. The van der Waals surface area contributed by atoms with Crippen LogP contribution < -0.4 is 11.1 Å². The van der Waals surface area contributed by atoms with Crippen LogP contribution >= 0.6 is 0 Å². The molecule has 0 spiro atoms. The van der Waals surface area contributed by atoms with Crippen LogP contribution in [-0.2, 0) is 0 Å². The monoisotopic (exact) mass is 324 g/mol. The van der Waals surface area contributed by atoms with Crippen molar-refractivity contribution in [3.63, 3.8) is 0 Å². The Bertz CT molecular complexity index is 900. The lowest BCUT2D eigenvalue weighted by Crippen LogP contribution is -2.14. The number of halogens is 1. The summed E-state index contributed by atoms with van der Waals surface area (Å²) in [5.74, 6) is -1.25. The summed E-state index contributed by atoms with van der Waals surface area (Å²) in [5, 5.41) is 2.67. The van der Waals surface area contributed by atoms with Crippen molar-refractivity contribution in [3.8, 4) is 5.69 Å². The van der Waals surface area contributed by atoms with Gasteiger partial charge in [0.15, 0.2) is 5.82 Å². The minimum Gasteiger partial charge on any atom is -0.396 e. The molecule has 3 rings (SSSR count). The van der Waals surface area contributed by atoms with Crippen molar-refractivity contribution < 1.29 is 9.18 Å².